The van der Waals surface area contributed by atoms with Crippen molar-refractivity contribution in [3.63, 3.8) is 0 Å². The zero-order valence-corrected chi connectivity index (χ0v) is 17.5. The molecule has 0 spiro atoms. The van der Waals surface area contributed by atoms with Crippen molar-refractivity contribution in [3.05, 3.63) is 51.6 Å². The van der Waals surface area contributed by atoms with Crippen molar-refractivity contribution in [2.45, 2.75) is 51.2 Å². The minimum atomic E-state index is -0.126. The molecule has 7 heteroatoms. The molecule has 2 aliphatic rings. The molecule has 6 nitrogen and oxygen atoms in total. The van der Waals surface area contributed by atoms with Crippen molar-refractivity contribution >= 4 is 28.5 Å². The van der Waals surface area contributed by atoms with Crippen LogP contribution < -0.4 is 0 Å². The third kappa shape index (κ3) is 4.70. The van der Waals surface area contributed by atoms with Gasteiger partial charge < -0.3 is 18.8 Å². The monoisotopic (exact) mass is 481 g/mol. The Morgan fingerprint density at radius 2 is 2.15 bits per heavy atom. The van der Waals surface area contributed by atoms with Crippen LogP contribution in [0.1, 0.15) is 43.7 Å². The first-order valence-corrected chi connectivity index (χ1v) is 10.5. The lowest BCUT2D eigenvalue weighted by Gasteiger charge is -2.26. The summed E-state index contributed by atoms with van der Waals surface area (Å²) in [4.78, 5) is 9.26. The Morgan fingerprint density at radius 1 is 1.30 bits per heavy atom. The van der Waals surface area contributed by atoms with E-state index in [2.05, 4.69) is 44.3 Å². The van der Waals surface area contributed by atoms with Gasteiger partial charge in [0.1, 0.15) is 24.6 Å². The van der Waals surface area contributed by atoms with E-state index < -0.39 is 0 Å². The van der Waals surface area contributed by atoms with Crippen molar-refractivity contribution in [2.75, 3.05) is 13.2 Å². The van der Waals surface area contributed by atoms with E-state index in [-0.39, 0.29) is 18.4 Å². The smallest absolute Gasteiger partial charge is 0.216 e. The maximum atomic E-state index is 6.07. The molecule has 1 fully saturated rings. The van der Waals surface area contributed by atoms with E-state index in [1.807, 2.05) is 31.5 Å². The third-order valence-electron chi connectivity index (χ3n) is 4.82. The number of imidazole rings is 1. The van der Waals surface area contributed by atoms with Crippen molar-refractivity contribution in [1.82, 2.24) is 9.55 Å². The molecule has 0 radical (unpaired) electrons. The summed E-state index contributed by atoms with van der Waals surface area (Å²) in [7, 11) is 0. The number of aliphatic imine (C=N–C) groups is 1. The molecule has 1 saturated heterocycles. The Labute approximate surface area is 173 Å². The van der Waals surface area contributed by atoms with Crippen LogP contribution in [-0.2, 0) is 20.8 Å². The molecule has 1 aromatic heterocycles. The molecule has 0 aliphatic carbocycles. The summed E-state index contributed by atoms with van der Waals surface area (Å²) < 4.78 is 20.9. The number of benzene rings is 1. The van der Waals surface area contributed by atoms with Crippen molar-refractivity contribution in [2.24, 2.45) is 4.99 Å². The number of hydrogen-bond acceptors (Lipinski definition) is 5. The second-order valence-electron chi connectivity index (χ2n) is 6.92. The lowest BCUT2D eigenvalue weighted by atomic mass is 10.2. The van der Waals surface area contributed by atoms with Crippen LogP contribution in [0.25, 0.3) is 0 Å². The molecule has 0 saturated carbocycles. The van der Waals surface area contributed by atoms with Gasteiger partial charge in [0.05, 0.1) is 0 Å². The van der Waals surface area contributed by atoms with Crippen LogP contribution in [0.5, 0.6) is 0 Å². The summed E-state index contributed by atoms with van der Waals surface area (Å²) >= 11 is 2.30. The van der Waals surface area contributed by atoms with Crippen LogP contribution in [0.2, 0.25) is 0 Å². The van der Waals surface area contributed by atoms with Crippen LogP contribution in [0.3, 0.4) is 0 Å². The van der Waals surface area contributed by atoms with Gasteiger partial charge in [0, 0.05) is 34.7 Å². The average molecular weight is 481 g/mol. The van der Waals surface area contributed by atoms with Crippen molar-refractivity contribution < 1.29 is 14.2 Å². The van der Waals surface area contributed by atoms with E-state index in [1.54, 1.807) is 0 Å². The molecule has 2 aromatic rings. The van der Waals surface area contributed by atoms with Gasteiger partial charge in [-0.1, -0.05) is 0 Å². The standard InChI is InChI=1S/C20H24IN3O3/c1-14(27-18-4-2-3-11-25-18)19-22-9-10-24(19)12-17-13-26-20(23-17)15-5-7-16(21)8-6-15/h5-10,14,17-18H,2-4,11-13H2,1H3. The van der Waals surface area contributed by atoms with E-state index in [0.29, 0.717) is 6.61 Å². The maximum absolute atomic E-state index is 6.07. The summed E-state index contributed by atoms with van der Waals surface area (Å²) in [6.07, 6.45) is 6.77. The summed E-state index contributed by atoms with van der Waals surface area (Å²) in [5.74, 6) is 1.63. The molecule has 3 unspecified atom stereocenters. The predicted molar refractivity (Wildman–Crippen MR) is 111 cm³/mol. The van der Waals surface area contributed by atoms with Crippen LogP contribution in [-0.4, -0.2) is 41.0 Å². The molecule has 0 N–H and O–H groups in total. The largest absolute Gasteiger partial charge is 0.475 e. The maximum Gasteiger partial charge on any atom is 0.216 e. The van der Waals surface area contributed by atoms with E-state index in [9.17, 15) is 0 Å². The minimum Gasteiger partial charge on any atom is -0.475 e. The number of rotatable bonds is 6. The normalized spacial score (nSPS) is 23.7. The van der Waals surface area contributed by atoms with Crippen LogP contribution >= 0.6 is 22.6 Å². The molecular weight excluding hydrogens is 457 g/mol. The number of aromatic nitrogens is 2. The second kappa shape index (κ2) is 8.70. The zero-order chi connectivity index (χ0) is 18.6. The van der Waals surface area contributed by atoms with E-state index in [1.165, 1.54) is 3.57 Å². The van der Waals surface area contributed by atoms with Gasteiger partial charge >= 0.3 is 0 Å². The average Bonchev–Trinajstić information content (AvgIpc) is 3.33. The van der Waals surface area contributed by atoms with Gasteiger partial charge in [-0.25, -0.2) is 9.98 Å². The second-order valence-corrected chi connectivity index (χ2v) is 8.16. The molecular formula is C20H24IN3O3. The highest BCUT2D eigenvalue weighted by atomic mass is 127. The first kappa shape index (κ1) is 18.9. The lowest BCUT2D eigenvalue weighted by Crippen LogP contribution is -2.25. The third-order valence-corrected chi connectivity index (χ3v) is 5.54. The Bertz CT molecular complexity index is 784. The fraction of sp³-hybridized carbons (Fsp3) is 0.500. The number of ether oxygens (including phenoxy) is 3. The van der Waals surface area contributed by atoms with Crippen LogP contribution in [0.4, 0.5) is 0 Å². The molecule has 1 aromatic carbocycles. The topological polar surface area (TPSA) is 57.9 Å². The first-order valence-electron chi connectivity index (χ1n) is 9.43. The molecule has 0 bridgehead atoms. The Kier molecular flexibility index (Phi) is 6.09. The van der Waals surface area contributed by atoms with Crippen LogP contribution in [0, 0.1) is 3.57 Å². The molecule has 3 atom stereocenters. The highest BCUT2D eigenvalue weighted by Gasteiger charge is 2.24. The number of halogens is 1. The van der Waals surface area contributed by atoms with Crippen LogP contribution in [0.15, 0.2) is 41.7 Å². The van der Waals surface area contributed by atoms with E-state index in [4.69, 9.17) is 19.2 Å². The molecule has 0 amide bonds. The molecule has 27 heavy (non-hydrogen) atoms. The quantitative estimate of drug-likeness (QED) is 0.587. The highest BCUT2D eigenvalue weighted by Crippen LogP contribution is 2.23. The highest BCUT2D eigenvalue weighted by molar-refractivity contribution is 14.1. The van der Waals surface area contributed by atoms with Gasteiger partial charge in [-0.15, -0.1) is 0 Å². The SMILES string of the molecule is CC(OC1CCCCO1)c1nccn1CC1COC(c2ccc(I)cc2)=N1. The van der Waals surface area contributed by atoms with E-state index >= 15 is 0 Å². The fourth-order valence-corrected chi connectivity index (χ4v) is 3.79. The molecule has 144 valence electrons. The Balaban J connectivity index is 1.40. The molecule has 2 aliphatic heterocycles. The number of hydrogen-bond donors (Lipinski definition) is 0. The van der Waals surface area contributed by atoms with Gasteiger partial charge in [-0.05, 0) is 73.0 Å². The predicted octanol–water partition coefficient (Wildman–Crippen LogP) is 3.94. The Hall–Kier alpha value is -1.45. The minimum absolute atomic E-state index is 0.0744. The Morgan fingerprint density at radius 3 is 2.93 bits per heavy atom. The summed E-state index contributed by atoms with van der Waals surface area (Å²) in [5.41, 5.74) is 1.02. The van der Waals surface area contributed by atoms with Gasteiger partial charge in [0.2, 0.25) is 5.90 Å². The number of nitrogens with zero attached hydrogens (tertiary/aromatic N) is 3. The van der Waals surface area contributed by atoms with Crippen molar-refractivity contribution in [3.8, 4) is 0 Å². The van der Waals surface area contributed by atoms with Crippen molar-refractivity contribution in [1.29, 1.82) is 0 Å². The fourth-order valence-electron chi connectivity index (χ4n) is 3.43. The first-order chi connectivity index (χ1) is 13.2. The van der Waals surface area contributed by atoms with E-state index in [0.717, 1.165) is 49.7 Å². The van der Waals surface area contributed by atoms with Gasteiger partial charge in [0.25, 0.3) is 0 Å². The molecule has 3 heterocycles. The molecule has 4 rings (SSSR count). The van der Waals surface area contributed by atoms with Gasteiger partial charge in [0.15, 0.2) is 6.29 Å². The zero-order valence-electron chi connectivity index (χ0n) is 15.4. The summed E-state index contributed by atoms with van der Waals surface area (Å²) in [6, 6.07) is 8.30. The summed E-state index contributed by atoms with van der Waals surface area (Å²) in [5, 5.41) is 0. The summed E-state index contributed by atoms with van der Waals surface area (Å²) in [6.45, 7) is 4.12. The van der Waals surface area contributed by atoms with Gasteiger partial charge in [-0.2, -0.15) is 0 Å². The lowest BCUT2D eigenvalue weighted by molar-refractivity contribution is -0.188. The van der Waals surface area contributed by atoms with Gasteiger partial charge in [-0.3, -0.25) is 0 Å².